The molecule has 2 heterocycles. The minimum Gasteiger partial charge on any atom is -0.378 e. The van der Waals surface area contributed by atoms with Crippen LogP contribution >= 0.6 is 0 Å². The molecule has 1 atom stereocenters. The molecular formula is C16H26N4O. The zero-order valence-electron chi connectivity index (χ0n) is 13.0. The predicted octanol–water partition coefficient (Wildman–Crippen LogP) is 2.08. The lowest BCUT2D eigenvalue weighted by Gasteiger charge is -2.27. The standard InChI is InChI=1S/C16H26N4O/c1-2-7-17-14-5-3-4-6-15-13(14)12-18-16(19-15)20-8-10-21-11-9-20/h12,14,17H,2-11H2,1H3. The SMILES string of the molecule is CCCNC1CCCCc2nc(N3CCOCC3)ncc21. The third-order valence-electron chi connectivity index (χ3n) is 4.35. The van der Waals surface area contributed by atoms with Gasteiger partial charge in [-0.15, -0.1) is 0 Å². The van der Waals surface area contributed by atoms with Gasteiger partial charge >= 0.3 is 0 Å². The topological polar surface area (TPSA) is 50.3 Å². The second-order valence-corrected chi connectivity index (χ2v) is 5.92. The van der Waals surface area contributed by atoms with Gasteiger partial charge in [-0.3, -0.25) is 0 Å². The summed E-state index contributed by atoms with van der Waals surface area (Å²) in [5.41, 5.74) is 2.57. The number of rotatable bonds is 4. The van der Waals surface area contributed by atoms with Crippen LogP contribution in [0.2, 0.25) is 0 Å². The molecule has 0 aromatic carbocycles. The van der Waals surface area contributed by atoms with Crippen LogP contribution in [0.25, 0.3) is 0 Å². The number of nitrogens with zero attached hydrogens (tertiary/aromatic N) is 3. The molecule has 1 unspecified atom stereocenters. The second kappa shape index (κ2) is 7.18. The Hall–Kier alpha value is -1.20. The van der Waals surface area contributed by atoms with E-state index in [2.05, 4.69) is 28.3 Å². The van der Waals surface area contributed by atoms with Crippen molar-refractivity contribution in [2.45, 2.75) is 45.1 Å². The van der Waals surface area contributed by atoms with Crippen molar-refractivity contribution in [3.63, 3.8) is 0 Å². The van der Waals surface area contributed by atoms with Gasteiger partial charge in [-0.2, -0.15) is 0 Å². The first-order valence-electron chi connectivity index (χ1n) is 8.30. The van der Waals surface area contributed by atoms with Gasteiger partial charge in [-0.05, 0) is 32.2 Å². The summed E-state index contributed by atoms with van der Waals surface area (Å²) < 4.78 is 5.41. The van der Waals surface area contributed by atoms with Crippen LogP contribution in [0.3, 0.4) is 0 Å². The van der Waals surface area contributed by atoms with Crippen LogP contribution in [-0.2, 0) is 11.2 Å². The number of morpholine rings is 1. The normalized spacial score (nSPS) is 22.7. The fraction of sp³-hybridized carbons (Fsp3) is 0.750. The van der Waals surface area contributed by atoms with E-state index in [1.165, 1.54) is 36.9 Å². The van der Waals surface area contributed by atoms with E-state index in [4.69, 9.17) is 9.72 Å². The third kappa shape index (κ3) is 3.52. The highest BCUT2D eigenvalue weighted by Gasteiger charge is 2.22. The van der Waals surface area contributed by atoms with Crippen molar-refractivity contribution in [2.24, 2.45) is 0 Å². The molecule has 3 rings (SSSR count). The molecule has 21 heavy (non-hydrogen) atoms. The van der Waals surface area contributed by atoms with Crippen molar-refractivity contribution in [2.75, 3.05) is 37.7 Å². The van der Waals surface area contributed by atoms with Gasteiger partial charge in [0.1, 0.15) is 0 Å². The first-order valence-corrected chi connectivity index (χ1v) is 8.30. The third-order valence-corrected chi connectivity index (χ3v) is 4.35. The smallest absolute Gasteiger partial charge is 0.225 e. The molecular weight excluding hydrogens is 264 g/mol. The molecule has 116 valence electrons. The molecule has 0 bridgehead atoms. The molecule has 1 fully saturated rings. The van der Waals surface area contributed by atoms with Crippen molar-refractivity contribution < 1.29 is 4.74 Å². The van der Waals surface area contributed by atoms with Gasteiger partial charge in [-0.25, -0.2) is 9.97 Å². The molecule has 5 heteroatoms. The van der Waals surface area contributed by atoms with Gasteiger partial charge < -0.3 is 15.0 Å². The highest BCUT2D eigenvalue weighted by atomic mass is 16.5. The molecule has 0 saturated carbocycles. The van der Waals surface area contributed by atoms with E-state index in [-0.39, 0.29) is 0 Å². The number of aryl methyl sites for hydroxylation is 1. The molecule has 1 aliphatic heterocycles. The maximum atomic E-state index is 5.41. The zero-order valence-corrected chi connectivity index (χ0v) is 13.0. The molecule has 0 radical (unpaired) electrons. The minimum absolute atomic E-state index is 0.432. The van der Waals surface area contributed by atoms with E-state index < -0.39 is 0 Å². The van der Waals surface area contributed by atoms with Crippen LogP contribution in [-0.4, -0.2) is 42.8 Å². The zero-order chi connectivity index (χ0) is 14.5. The molecule has 2 aliphatic rings. The van der Waals surface area contributed by atoms with Crippen molar-refractivity contribution >= 4 is 5.95 Å². The van der Waals surface area contributed by atoms with Gasteiger partial charge in [0.05, 0.1) is 18.9 Å². The Morgan fingerprint density at radius 2 is 2.19 bits per heavy atom. The Bertz CT molecular complexity index is 460. The number of fused-ring (bicyclic) bond motifs is 1. The summed E-state index contributed by atoms with van der Waals surface area (Å²) in [6, 6.07) is 0.432. The van der Waals surface area contributed by atoms with Crippen molar-refractivity contribution in [1.82, 2.24) is 15.3 Å². The maximum absolute atomic E-state index is 5.41. The maximum Gasteiger partial charge on any atom is 0.225 e. The molecule has 1 saturated heterocycles. The van der Waals surface area contributed by atoms with Crippen LogP contribution in [0, 0.1) is 0 Å². The van der Waals surface area contributed by atoms with E-state index in [1.807, 2.05) is 0 Å². The molecule has 1 aliphatic carbocycles. The number of hydrogen-bond acceptors (Lipinski definition) is 5. The largest absolute Gasteiger partial charge is 0.378 e. The number of anilines is 1. The van der Waals surface area contributed by atoms with Crippen LogP contribution in [0.15, 0.2) is 6.20 Å². The predicted molar refractivity (Wildman–Crippen MR) is 83.7 cm³/mol. The monoisotopic (exact) mass is 290 g/mol. The highest BCUT2D eigenvalue weighted by molar-refractivity contribution is 5.35. The van der Waals surface area contributed by atoms with E-state index >= 15 is 0 Å². The molecule has 1 N–H and O–H groups in total. The Balaban J connectivity index is 1.80. The quantitative estimate of drug-likeness (QED) is 0.860. The van der Waals surface area contributed by atoms with Crippen molar-refractivity contribution in [3.05, 3.63) is 17.5 Å². The molecule has 1 aromatic heterocycles. The Morgan fingerprint density at radius 1 is 1.33 bits per heavy atom. The Labute approximate surface area is 127 Å². The Morgan fingerprint density at radius 3 is 3.00 bits per heavy atom. The summed E-state index contributed by atoms with van der Waals surface area (Å²) in [5.74, 6) is 0.883. The van der Waals surface area contributed by atoms with Gasteiger partial charge in [0, 0.05) is 30.9 Å². The number of hydrogen-bond donors (Lipinski definition) is 1. The van der Waals surface area contributed by atoms with Gasteiger partial charge in [0.2, 0.25) is 5.95 Å². The molecule has 0 spiro atoms. The first-order chi connectivity index (χ1) is 10.4. The lowest BCUT2D eigenvalue weighted by Crippen LogP contribution is -2.37. The average Bonchev–Trinajstić information content (AvgIpc) is 2.75. The number of ether oxygens (including phenoxy) is 1. The average molecular weight is 290 g/mol. The summed E-state index contributed by atoms with van der Waals surface area (Å²) in [5, 5.41) is 3.65. The van der Waals surface area contributed by atoms with Crippen LogP contribution in [0.4, 0.5) is 5.95 Å². The Kier molecular flexibility index (Phi) is 5.04. The summed E-state index contributed by atoms with van der Waals surface area (Å²) in [6.07, 6.45) is 8.01. The van der Waals surface area contributed by atoms with Gasteiger partial charge in [0.25, 0.3) is 0 Å². The van der Waals surface area contributed by atoms with Gasteiger partial charge in [0.15, 0.2) is 0 Å². The lowest BCUT2D eigenvalue weighted by molar-refractivity contribution is 0.122. The molecule has 0 amide bonds. The number of aromatic nitrogens is 2. The van der Waals surface area contributed by atoms with E-state index in [0.717, 1.165) is 45.2 Å². The summed E-state index contributed by atoms with van der Waals surface area (Å²) >= 11 is 0. The van der Waals surface area contributed by atoms with Crippen LogP contribution in [0.1, 0.15) is 49.9 Å². The van der Waals surface area contributed by atoms with Crippen LogP contribution in [0.5, 0.6) is 0 Å². The molecule has 5 nitrogen and oxygen atoms in total. The van der Waals surface area contributed by atoms with E-state index in [9.17, 15) is 0 Å². The highest BCUT2D eigenvalue weighted by Crippen LogP contribution is 2.28. The lowest BCUT2D eigenvalue weighted by atomic mass is 10.0. The van der Waals surface area contributed by atoms with Crippen molar-refractivity contribution in [1.29, 1.82) is 0 Å². The first kappa shape index (κ1) is 14.7. The van der Waals surface area contributed by atoms with E-state index in [1.54, 1.807) is 0 Å². The fourth-order valence-corrected chi connectivity index (χ4v) is 3.15. The van der Waals surface area contributed by atoms with Crippen molar-refractivity contribution in [3.8, 4) is 0 Å². The second-order valence-electron chi connectivity index (χ2n) is 5.92. The minimum atomic E-state index is 0.432. The van der Waals surface area contributed by atoms with Gasteiger partial charge in [-0.1, -0.05) is 13.3 Å². The summed E-state index contributed by atoms with van der Waals surface area (Å²) in [7, 11) is 0. The fourth-order valence-electron chi connectivity index (χ4n) is 3.15. The van der Waals surface area contributed by atoms with Crippen LogP contribution < -0.4 is 10.2 Å². The molecule has 1 aromatic rings. The summed E-state index contributed by atoms with van der Waals surface area (Å²) in [4.78, 5) is 11.7. The summed E-state index contributed by atoms with van der Waals surface area (Å²) in [6.45, 7) is 6.63. The van der Waals surface area contributed by atoms with E-state index in [0.29, 0.717) is 6.04 Å². The number of nitrogens with one attached hydrogen (secondary N) is 1.